The van der Waals surface area contributed by atoms with Crippen LogP contribution in [0.4, 0.5) is 0 Å². The zero-order valence-electron chi connectivity index (χ0n) is 16.4. The molecule has 2 rings (SSSR count). The highest BCUT2D eigenvalue weighted by Crippen LogP contribution is 2.18. The van der Waals surface area contributed by atoms with Crippen molar-refractivity contribution in [2.24, 2.45) is 0 Å². The molecule has 6 nitrogen and oxygen atoms in total. The molecule has 0 heterocycles. The number of rotatable bonds is 12. The molecular formula is C23H26N2O4. The zero-order chi connectivity index (χ0) is 20.9. The van der Waals surface area contributed by atoms with Crippen LogP contribution in [0.3, 0.4) is 0 Å². The Morgan fingerprint density at radius 1 is 0.759 bits per heavy atom. The van der Waals surface area contributed by atoms with Gasteiger partial charge in [-0.3, -0.25) is 9.59 Å². The van der Waals surface area contributed by atoms with Crippen LogP contribution < -0.4 is 20.1 Å². The van der Waals surface area contributed by atoms with Gasteiger partial charge < -0.3 is 20.1 Å². The number of hydrogen-bond donors (Lipinski definition) is 2. The summed E-state index contributed by atoms with van der Waals surface area (Å²) < 4.78 is 11.0. The minimum Gasteiger partial charge on any atom is -0.489 e. The second-order valence-electron chi connectivity index (χ2n) is 6.06. The molecular weight excluding hydrogens is 368 g/mol. The summed E-state index contributed by atoms with van der Waals surface area (Å²) in [4.78, 5) is 24.7. The molecule has 0 aliphatic rings. The first-order chi connectivity index (χ1) is 14.2. The SMILES string of the molecule is C=CCOc1ccccc1C(=O)NCCCNC(=O)c1ccccc1OCC=C. The molecule has 2 N–H and O–H groups in total. The molecule has 0 bridgehead atoms. The van der Waals surface area contributed by atoms with Crippen molar-refractivity contribution in [3.05, 3.63) is 85.0 Å². The van der Waals surface area contributed by atoms with Gasteiger partial charge in [0.1, 0.15) is 24.7 Å². The first-order valence-corrected chi connectivity index (χ1v) is 9.39. The van der Waals surface area contributed by atoms with Crippen molar-refractivity contribution >= 4 is 11.8 Å². The Morgan fingerprint density at radius 2 is 1.17 bits per heavy atom. The average molecular weight is 394 g/mol. The fraction of sp³-hybridized carbons (Fsp3) is 0.217. The standard InChI is InChI=1S/C23H26N2O4/c1-3-16-28-20-12-7-5-10-18(20)22(26)24-14-9-15-25-23(27)19-11-6-8-13-21(19)29-17-4-2/h3-8,10-13H,1-2,9,14-17H2,(H,24,26)(H,25,27). The van der Waals surface area contributed by atoms with Crippen molar-refractivity contribution < 1.29 is 19.1 Å². The lowest BCUT2D eigenvalue weighted by molar-refractivity contribution is 0.0948. The highest BCUT2D eigenvalue weighted by atomic mass is 16.5. The third-order valence-corrected chi connectivity index (χ3v) is 3.90. The Bertz CT molecular complexity index is 779. The number of amides is 2. The maximum atomic E-state index is 12.4. The highest BCUT2D eigenvalue weighted by Gasteiger charge is 2.13. The molecule has 0 saturated carbocycles. The van der Waals surface area contributed by atoms with Gasteiger partial charge in [-0.2, -0.15) is 0 Å². The van der Waals surface area contributed by atoms with Gasteiger partial charge in [-0.25, -0.2) is 0 Å². The lowest BCUT2D eigenvalue weighted by Crippen LogP contribution is -2.30. The minimum absolute atomic E-state index is 0.223. The van der Waals surface area contributed by atoms with E-state index < -0.39 is 0 Å². The van der Waals surface area contributed by atoms with E-state index >= 15 is 0 Å². The lowest BCUT2D eigenvalue weighted by Gasteiger charge is -2.12. The molecule has 0 fully saturated rings. The third-order valence-electron chi connectivity index (χ3n) is 3.90. The molecule has 0 radical (unpaired) electrons. The average Bonchev–Trinajstić information content (AvgIpc) is 2.76. The summed E-state index contributed by atoms with van der Waals surface area (Å²) in [5.41, 5.74) is 0.929. The second kappa shape index (κ2) is 12.0. The van der Waals surface area contributed by atoms with Crippen LogP contribution in [0.5, 0.6) is 11.5 Å². The van der Waals surface area contributed by atoms with E-state index in [9.17, 15) is 9.59 Å². The summed E-state index contributed by atoms with van der Waals surface area (Å²) in [7, 11) is 0. The van der Waals surface area contributed by atoms with Crippen LogP contribution in [0.15, 0.2) is 73.8 Å². The van der Waals surface area contributed by atoms with E-state index in [1.54, 1.807) is 60.7 Å². The predicted molar refractivity (Wildman–Crippen MR) is 114 cm³/mol. The number of carbonyl (C=O) groups excluding carboxylic acids is 2. The van der Waals surface area contributed by atoms with Gasteiger partial charge in [0.05, 0.1) is 11.1 Å². The number of carbonyl (C=O) groups is 2. The van der Waals surface area contributed by atoms with E-state index in [-0.39, 0.29) is 11.8 Å². The third kappa shape index (κ3) is 6.84. The molecule has 0 aliphatic heterocycles. The first-order valence-electron chi connectivity index (χ1n) is 9.39. The molecule has 6 heteroatoms. The molecule has 0 aromatic heterocycles. The Balaban J connectivity index is 1.79. The van der Waals surface area contributed by atoms with Crippen LogP contribution >= 0.6 is 0 Å². The van der Waals surface area contributed by atoms with Crippen LogP contribution in [0.2, 0.25) is 0 Å². The van der Waals surface area contributed by atoms with Gasteiger partial charge in [-0.15, -0.1) is 0 Å². The van der Waals surface area contributed by atoms with Crippen molar-refractivity contribution in [1.29, 1.82) is 0 Å². The summed E-state index contributed by atoms with van der Waals surface area (Å²) in [6.45, 7) is 8.70. The van der Waals surface area contributed by atoms with E-state index in [0.717, 1.165) is 0 Å². The molecule has 2 aromatic rings. The summed E-state index contributed by atoms with van der Waals surface area (Å²) in [5, 5.41) is 5.67. The van der Waals surface area contributed by atoms with Crippen molar-refractivity contribution in [2.45, 2.75) is 6.42 Å². The quantitative estimate of drug-likeness (QED) is 0.427. The monoisotopic (exact) mass is 394 g/mol. The molecule has 2 aromatic carbocycles. The van der Waals surface area contributed by atoms with Crippen LogP contribution in [0.25, 0.3) is 0 Å². The molecule has 29 heavy (non-hydrogen) atoms. The predicted octanol–water partition coefficient (Wildman–Crippen LogP) is 3.37. The largest absolute Gasteiger partial charge is 0.489 e. The number of benzene rings is 2. The Hall–Kier alpha value is -3.54. The Labute approximate surface area is 171 Å². The van der Waals surface area contributed by atoms with E-state index in [0.29, 0.717) is 55.4 Å². The number of para-hydroxylation sites is 2. The summed E-state index contributed by atoms with van der Waals surface area (Å²) in [6.07, 6.45) is 3.83. The van der Waals surface area contributed by atoms with Crippen LogP contribution in [-0.4, -0.2) is 38.1 Å². The fourth-order valence-corrected chi connectivity index (χ4v) is 2.54. The number of ether oxygens (including phenoxy) is 2. The maximum absolute atomic E-state index is 12.4. The van der Waals surface area contributed by atoms with Crippen molar-refractivity contribution in [3.8, 4) is 11.5 Å². The van der Waals surface area contributed by atoms with Crippen molar-refractivity contribution in [3.63, 3.8) is 0 Å². The summed E-state index contributed by atoms with van der Waals surface area (Å²) in [6, 6.07) is 14.1. The first kappa shape index (κ1) is 21.8. The molecule has 0 unspecified atom stereocenters. The van der Waals surface area contributed by atoms with Gasteiger partial charge in [-0.05, 0) is 30.7 Å². The summed E-state index contributed by atoms with van der Waals surface area (Å²) >= 11 is 0. The van der Waals surface area contributed by atoms with Crippen molar-refractivity contribution in [1.82, 2.24) is 10.6 Å². The highest BCUT2D eigenvalue weighted by molar-refractivity contribution is 5.97. The van der Waals surface area contributed by atoms with Gasteiger partial charge in [0, 0.05) is 13.1 Å². The maximum Gasteiger partial charge on any atom is 0.255 e. The van der Waals surface area contributed by atoms with Crippen LogP contribution in [0, 0.1) is 0 Å². The fourth-order valence-electron chi connectivity index (χ4n) is 2.54. The molecule has 2 amide bonds. The van der Waals surface area contributed by atoms with Gasteiger partial charge in [-0.1, -0.05) is 49.6 Å². The molecule has 0 spiro atoms. The Kier molecular flexibility index (Phi) is 9.02. The van der Waals surface area contributed by atoms with Crippen LogP contribution in [0.1, 0.15) is 27.1 Å². The van der Waals surface area contributed by atoms with Gasteiger partial charge in [0.15, 0.2) is 0 Å². The van der Waals surface area contributed by atoms with Crippen molar-refractivity contribution in [2.75, 3.05) is 26.3 Å². The molecule has 152 valence electrons. The van der Waals surface area contributed by atoms with E-state index in [1.165, 1.54) is 0 Å². The smallest absolute Gasteiger partial charge is 0.255 e. The van der Waals surface area contributed by atoms with Gasteiger partial charge in [0.25, 0.3) is 11.8 Å². The number of nitrogens with one attached hydrogen (secondary N) is 2. The van der Waals surface area contributed by atoms with E-state index in [1.807, 2.05) is 0 Å². The topological polar surface area (TPSA) is 76.7 Å². The van der Waals surface area contributed by atoms with Gasteiger partial charge in [0.2, 0.25) is 0 Å². The normalized spacial score (nSPS) is 9.93. The lowest BCUT2D eigenvalue weighted by atomic mass is 10.2. The van der Waals surface area contributed by atoms with Gasteiger partial charge >= 0.3 is 0 Å². The van der Waals surface area contributed by atoms with E-state index in [4.69, 9.17) is 9.47 Å². The summed E-state index contributed by atoms with van der Waals surface area (Å²) in [5.74, 6) is 0.571. The van der Waals surface area contributed by atoms with E-state index in [2.05, 4.69) is 23.8 Å². The second-order valence-corrected chi connectivity index (χ2v) is 6.06. The minimum atomic E-state index is -0.223. The Morgan fingerprint density at radius 3 is 1.59 bits per heavy atom. The van der Waals surface area contributed by atoms with Crippen LogP contribution in [-0.2, 0) is 0 Å². The molecule has 0 atom stereocenters. The molecule has 0 saturated heterocycles. The zero-order valence-corrected chi connectivity index (χ0v) is 16.4. The number of hydrogen-bond acceptors (Lipinski definition) is 4. The molecule has 0 aliphatic carbocycles.